The molecule has 0 unspecified atom stereocenters. The van der Waals surface area contributed by atoms with Crippen LogP contribution in [0, 0.1) is 20.2 Å². The SMILES string of the molecule is CC(=O)/C=C(/C)[O-].CC(=O)/C=C(/C)[O-].CC(=O)/C=C(/C)[O-].CC(=O)/C=C(/C)[O-].CC(=O)/C=C(/C)[O-].CC(=O)/C=C(/C)[O-].CC1(C)[N+](=O)C(c2ccccn2)=[N+]([O-])C1(C)C.CC1(C)[N+](=O)C(c2ccccn2)=[N+]([O-])C1(C)C.O.[Y].[Y]. The van der Waals surface area contributed by atoms with Crippen molar-refractivity contribution < 1.29 is 149 Å². The maximum atomic E-state index is 12.3. The minimum absolute atomic E-state index is 0. The molecule has 0 aromatic carbocycles. The number of nitroso groups, excluding NO2 is 2. The van der Waals surface area contributed by atoms with E-state index in [-0.39, 0.29) is 152 Å². The largest absolute Gasteiger partial charge is 0.876 e. The first-order valence-electron chi connectivity index (χ1n) is 23.0. The predicted molar refractivity (Wildman–Crippen MR) is 278 cm³/mol. The third-order valence-electron chi connectivity index (χ3n) is 10.0. The van der Waals surface area contributed by atoms with E-state index in [0.717, 1.165) is 55.5 Å². The second kappa shape index (κ2) is 41.0. The van der Waals surface area contributed by atoms with Gasteiger partial charge in [0.2, 0.25) is 22.5 Å². The number of hydroxylamine groups is 2. The quantitative estimate of drug-likeness (QED) is 0.157. The molecule has 0 spiro atoms. The number of ketones is 6. The van der Waals surface area contributed by atoms with Gasteiger partial charge in [-0.2, -0.15) is 0 Å². The van der Waals surface area contributed by atoms with Gasteiger partial charge in [-0.15, -0.1) is 44.0 Å². The zero-order valence-corrected chi connectivity index (χ0v) is 54.6. The van der Waals surface area contributed by atoms with Crippen LogP contribution in [0.1, 0.15) is 150 Å². The molecule has 0 amide bonds. The molecule has 4 heterocycles. The summed E-state index contributed by atoms with van der Waals surface area (Å²) < 4.78 is 3.06. The van der Waals surface area contributed by atoms with Crippen LogP contribution in [0.25, 0.3) is 0 Å². The van der Waals surface area contributed by atoms with Gasteiger partial charge in [0.1, 0.15) is 9.52 Å². The first-order chi connectivity index (χ1) is 34.4. The molecule has 2 N–H and O–H groups in total. The fourth-order valence-electron chi connectivity index (χ4n) is 5.34. The second-order valence-corrected chi connectivity index (χ2v) is 18.7. The molecule has 434 valence electrons. The number of nitrogens with zero attached hydrogens (tertiary/aromatic N) is 6. The monoisotopic (exact) mass is 1260 g/mol. The van der Waals surface area contributed by atoms with E-state index in [1.807, 2.05) is 0 Å². The Bertz CT molecular complexity index is 2290. The van der Waals surface area contributed by atoms with Crippen LogP contribution in [0.15, 0.2) is 120 Å². The number of carbonyl (C=O) groups is 6. The maximum absolute atomic E-state index is 12.3. The Morgan fingerprint density at radius 2 is 0.557 bits per heavy atom. The minimum Gasteiger partial charge on any atom is -0.876 e. The fraction of sp³-hybridized carbons (Fsp3) is 0.444. The Hall–Kier alpha value is -6.13. The molecule has 0 aliphatic carbocycles. The molecule has 2 aliphatic heterocycles. The van der Waals surface area contributed by atoms with Crippen LogP contribution < -0.4 is 30.6 Å². The van der Waals surface area contributed by atoms with E-state index in [4.69, 9.17) is 0 Å². The molecule has 0 bridgehead atoms. The van der Waals surface area contributed by atoms with Gasteiger partial charge >= 0.3 is 11.7 Å². The molecule has 2 aliphatic rings. The standard InChI is InChI=1S/2C12H16N3O2.6C5H8O2.H2O.2Y/c2*1-11(2)12(3,4)15(17)10(14(11)16)9-7-5-6-8-13-9;6*1-4(6)3-5(2)7;;;/h2*5-8H,1-4H3;6*3,6H,1-2H3;1H2;;/q2*+1;;;;;;;;;/p-6/b;;6*4-3-;;;. The summed E-state index contributed by atoms with van der Waals surface area (Å²) in [6, 6.07) is 10.4. The third-order valence-corrected chi connectivity index (χ3v) is 10.0. The average Bonchev–Trinajstić information content (AvgIpc) is 3.42. The third kappa shape index (κ3) is 35.2. The summed E-state index contributed by atoms with van der Waals surface area (Å²) >= 11 is 0. The molecule has 2 aromatic rings. The van der Waals surface area contributed by atoms with Gasteiger partial charge in [0, 0.05) is 143 Å². The van der Waals surface area contributed by atoms with Crippen LogP contribution in [0.5, 0.6) is 0 Å². The van der Waals surface area contributed by atoms with Gasteiger partial charge in [-0.3, -0.25) is 28.8 Å². The normalized spacial score (nSPS) is 15.5. The Morgan fingerprint density at radius 1 is 0.380 bits per heavy atom. The topological polar surface area (TPSA) is 390 Å². The van der Waals surface area contributed by atoms with Crippen LogP contribution in [0.2, 0.25) is 0 Å². The zero-order valence-electron chi connectivity index (χ0n) is 49.0. The van der Waals surface area contributed by atoms with Crippen molar-refractivity contribution in [2.45, 2.75) is 161 Å². The van der Waals surface area contributed by atoms with Crippen LogP contribution >= 0.6 is 0 Å². The molecule has 25 heteroatoms. The van der Waals surface area contributed by atoms with E-state index in [0.29, 0.717) is 11.4 Å². The summed E-state index contributed by atoms with van der Waals surface area (Å²) in [7, 11) is 0. The van der Waals surface area contributed by atoms with Gasteiger partial charge in [0.25, 0.3) is 11.1 Å². The molecule has 4 rings (SSSR count). The van der Waals surface area contributed by atoms with Gasteiger partial charge < -0.3 is 46.5 Å². The molecular formula is C54H76N6O17Y2-4. The van der Waals surface area contributed by atoms with Crippen LogP contribution in [0.4, 0.5) is 0 Å². The Morgan fingerprint density at radius 3 is 0.646 bits per heavy atom. The summed E-state index contributed by atoms with van der Waals surface area (Å²) in [6.07, 6.45) is 9.48. The molecule has 0 fully saturated rings. The number of aromatic nitrogens is 2. The number of hydrogen-bond acceptors (Lipinski definition) is 18. The summed E-state index contributed by atoms with van der Waals surface area (Å²) in [6.45, 7) is 30.3. The predicted octanol–water partition coefficient (Wildman–Crippen LogP) is 1.58. The van der Waals surface area contributed by atoms with Crippen LogP contribution in [-0.2, 0) is 94.2 Å². The molecule has 79 heavy (non-hydrogen) atoms. The Balaban J connectivity index is -0.000000156. The fourth-order valence-corrected chi connectivity index (χ4v) is 5.34. The smallest absolute Gasteiger partial charge is 0.523 e. The van der Waals surface area contributed by atoms with Crippen molar-refractivity contribution in [3.8, 4) is 0 Å². The molecule has 0 saturated heterocycles. The zero-order chi connectivity index (χ0) is 60.9. The van der Waals surface area contributed by atoms with E-state index in [9.17, 15) is 79.6 Å². The van der Waals surface area contributed by atoms with Crippen molar-refractivity contribution in [2.75, 3.05) is 0 Å². The van der Waals surface area contributed by atoms with Gasteiger partial charge in [0.15, 0.2) is 34.7 Å². The van der Waals surface area contributed by atoms with Crippen LogP contribution in [0.3, 0.4) is 0 Å². The van der Waals surface area contributed by atoms with Crippen molar-refractivity contribution in [1.82, 2.24) is 9.97 Å². The van der Waals surface area contributed by atoms with E-state index < -0.39 is 22.2 Å². The summed E-state index contributed by atoms with van der Waals surface area (Å²) in [5.74, 6) is -2.08. The van der Waals surface area contributed by atoms with Gasteiger partial charge in [0.05, 0.1) is 0 Å². The molecular weight excluding hydrogens is 1180 g/mol. The first kappa shape index (κ1) is 86.7. The number of rotatable bonds is 8. The van der Waals surface area contributed by atoms with Crippen molar-refractivity contribution >= 4 is 46.4 Å². The van der Waals surface area contributed by atoms with E-state index in [1.165, 1.54) is 83.1 Å². The molecule has 2 aromatic heterocycles. The summed E-state index contributed by atoms with van der Waals surface area (Å²) in [5, 5.41) is 84.4. The van der Waals surface area contributed by atoms with Crippen molar-refractivity contribution in [1.29, 1.82) is 0 Å². The van der Waals surface area contributed by atoms with E-state index >= 15 is 0 Å². The molecule has 0 atom stereocenters. The molecule has 0 saturated carbocycles. The molecule has 23 nitrogen and oxygen atoms in total. The molecule has 2 radical (unpaired) electrons. The number of carbonyl (C=O) groups excluding carboxylic acids is 6. The van der Waals surface area contributed by atoms with Gasteiger partial charge in [-0.05, 0) is 102 Å². The first-order valence-corrected chi connectivity index (χ1v) is 23.0. The number of allylic oxidation sites excluding steroid dienone is 12. The van der Waals surface area contributed by atoms with Crippen LogP contribution in [-0.4, -0.2) is 103 Å². The van der Waals surface area contributed by atoms with Gasteiger partial charge in [-0.1, -0.05) is 53.7 Å². The summed E-state index contributed by atoms with van der Waals surface area (Å²) in [5.41, 5.74) is -2.33. The van der Waals surface area contributed by atoms with Crippen molar-refractivity contribution in [3.05, 3.63) is 151 Å². The second-order valence-electron chi connectivity index (χ2n) is 18.7. The Kier molecular flexibility index (Phi) is 45.0. The van der Waals surface area contributed by atoms with Gasteiger partial charge in [-0.25, -0.2) is 9.97 Å². The van der Waals surface area contributed by atoms with E-state index in [1.54, 1.807) is 104 Å². The van der Waals surface area contributed by atoms with Crippen molar-refractivity contribution in [2.24, 2.45) is 0 Å². The van der Waals surface area contributed by atoms with E-state index in [2.05, 4.69) is 9.97 Å². The maximum Gasteiger partial charge on any atom is 0.523 e. The number of pyridine rings is 2. The average molecular weight is 1260 g/mol. The Labute approximate surface area is 513 Å². The number of amidine groups is 2. The number of hydrogen-bond donors (Lipinski definition) is 0. The minimum atomic E-state index is -0.790. The summed E-state index contributed by atoms with van der Waals surface area (Å²) in [4.78, 5) is 92.5. The van der Waals surface area contributed by atoms with Crippen molar-refractivity contribution in [3.63, 3.8) is 0 Å².